The van der Waals surface area contributed by atoms with Gasteiger partial charge in [0.05, 0.1) is 24.4 Å². The predicted octanol–water partition coefficient (Wildman–Crippen LogP) is 3.26. The lowest BCUT2D eigenvalue weighted by molar-refractivity contribution is -0.117. The summed E-state index contributed by atoms with van der Waals surface area (Å²) < 4.78 is 15.1. The highest BCUT2D eigenvalue weighted by Crippen LogP contribution is 2.35. The van der Waals surface area contributed by atoms with Crippen molar-refractivity contribution in [1.82, 2.24) is 15.0 Å². The number of carbonyl (C=O) groups excluding carboxylic acids is 1. The second kappa shape index (κ2) is 8.95. The minimum atomic E-state index is -0.479. The van der Waals surface area contributed by atoms with E-state index in [4.69, 9.17) is 11.6 Å². The lowest BCUT2D eigenvalue weighted by Crippen LogP contribution is -2.31. The van der Waals surface area contributed by atoms with E-state index < -0.39 is 5.82 Å². The highest BCUT2D eigenvalue weighted by atomic mass is 35.5. The zero-order valence-electron chi connectivity index (χ0n) is 16.8. The van der Waals surface area contributed by atoms with Crippen molar-refractivity contribution in [3.05, 3.63) is 64.8 Å². The number of aliphatic hydroxyl groups excluding tert-OH is 1. The van der Waals surface area contributed by atoms with Gasteiger partial charge in [0, 0.05) is 30.5 Å². The topological polar surface area (TPSA) is 91.2 Å². The number of anilines is 2. The van der Waals surface area contributed by atoms with Crippen molar-refractivity contribution in [2.24, 2.45) is 0 Å². The Bertz CT molecular complexity index is 1130. The van der Waals surface area contributed by atoms with Gasteiger partial charge in [-0.3, -0.25) is 4.79 Å². The molecular weight excluding hydrogens is 421 g/mol. The fraction of sp³-hybridized carbons (Fsp3) is 0.273. The first-order chi connectivity index (χ1) is 15.0. The quantitative estimate of drug-likeness (QED) is 0.570. The molecule has 2 N–H and O–H groups in total. The summed E-state index contributed by atoms with van der Waals surface area (Å²) in [5, 5.41) is 12.4. The van der Waals surface area contributed by atoms with Gasteiger partial charge in [0.15, 0.2) is 0 Å². The molecule has 1 aliphatic rings. The van der Waals surface area contributed by atoms with E-state index in [0.29, 0.717) is 41.4 Å². The molecule has 1 atom stereocenters. The number of pyridine rings is 1. The third-order valence-corrected chi connectivity index (χ3v) is 5.44. The number of benzene rings is 1. The molecule has 0 fully saturated rings. The molecule has 0 bridgehead atoms. The van der Waals surface area contributed by atoms with E-state index in [2.05, 4.69) is 20.3 Å². The Hall–Kier alpha value is -3.10. The van der Waals surface area contributed by atoms with E-state index in [9.17, 15) is 9.90 Å². The molecule has 3 heterocycles. The number of amides is 1. The number of hydrogen-bond acceptors (Lipinski definition) is 6. The van der Waals surface area contributed by atoms with Gasteiger partial charge >= 0.3 is 0 Å². The van der Waals surface area contributed by atoms with E-state index in [1.807, 2.05) is 6.07 Å². The highest BCUT2D eigenvalue weighted by molar-refractivity contribution is 6.30. The van der Waals surface area contributed by atoms with Gasteiger partial charge in [-0.2, -0.15) is 0 Å². The van der Waals surface area contributed by atoms with Gasteiger partial charge in [-0.1, -0.05) is 17.7 Å². The first-order valence-electron chi connectivity index (χ1n) is 9.89. The van der Waals surface area contributed by atoms with Gasteiger partial charge in [-0.25, -0.2) is 19.3 Å². The molecule has 160 valence electrons. The summed E-state index contributed by atoms with van der Waals surface area (Å²) in [5.41, 5.74) is 2.81. The summed E-state index contributed by atoms with van der Waals surface area (Å²) in [6.07, 6.45) is 3.73. The van der Waals surface area contributed by atoms with Crippen LogP contribution in [0.4, 0.5) is 16.0 Å². The molecule has 0 saturated heterocycles. The second-order valence-corrected chi connectivity index (χ2v) is 7.74. The molecule has 3 aromatic rings. The third-order valence-electron chi connectivity index (χ3n) is 5.10. The molecular formula is C22H21ClFN5O2. The average Bonchev–Trinajstić information content (AvgIpc) is 3.20. The Morgan fingerprint density at radius 2 is 2.16 bits per heavy atom. The number of nitrogens with zero attached hydrogens (tertiary/aromatic N) is 4. The fourth-order valence-corrected chi connectivity index (χ4v) is 3.74. The van der Waals surface area contributed by atoms with E-state index in [1.165, 1.54) is 11.0 Å². The number of carbonyl (C=O) groups is 1. The van der Waals surface area contributed by atoms with Crippen molar-refractivity contribution >= 4 is 29.1 Å². The predicted molar refractivity (Wildman–Crippen MR) is 117 cm³/mol. The van der Waals surface area contributed by atoms with Crippen molar-refractivity contribution < 1.29 is 14.3 Å². The number of aliphatic hydroxyl groups is 1. The summed E-state index contributed by atoms with van der Waals surface area (Å²) in [4.78, 5) is 26.8. The van der Waals surface area contributed by atoms with Crippen LogP contribution in [-0.2, 0) is 17.6 Å². The summed E-state index contributed by atoms with van der Waals surface area (Å²) in [6.45, 7) is 2.14. The smallest absolute Gasteiger partial charge is 0.231 e. The molecule has 31 heavy (non-hydrogen) atoms. The van der Waals surface area contributed by atoms with Crippen molar-refractivity contribution in [1.29, 1.82) is 0 Å². The van der Waals surface area contributed by atoms with Gasteiger partial charge < -0.3 is 15.3 Å². The van der Waals surface area contributed by atoms with Gasteiger partial charge in [-0.15, -0.1) is 0 Å². The van der Waals surface area contributed by atoms with Crippen LogP contribution in [0, 0.1) is 5.82 Å². The van der Waals surface area contributed by atoms with Crippen LogP contribution in [0.1, 0.15) is 18.1 Å². The Kier molecular flexibility index (Phi) is 6.11. The molecule has 4 rings (SSSR count). The van der Waals surface area contributed by atoms with Crippen LogP contribution in [0.2, 0.25) is 5.15 Å². The maximum Gasteiger partial charge on any atom is 0.231 e. The van der Waals surface area contributed by atoms with E-state index in [1.54, 1.807) is 37.5 Å². The summed E-state index contributed by atoms with van der Waals surface area (Å²) in [6, 6.07) is 8.17. The van der Waals surface area contributed by atoms with E-state index in [-0.39, 0.29) is 30.1 Å². The Balaban J connectivity index is 1.59. The Morgan fingerprint density at radius 1 is 1.32 bits per heavy atom. The van der Waals surface area contributed by atoms with E-state index >= 15 is 4.39 Å². The van der Waals surface area contributed by atoms with Crippen molar-refractivity contribution in [2.45, 2.75) is 25.8 Å². The van der Waals surface area contributed by atoms with Gasteiger partial charge in [0.1, 0.15) is 11.0 Å². The molecule has 0 radical (unpaired) electrons. The monoisotopic (exact) mass is 441 g/mol. The number of rotatable bonds is 6. The number of hydrogen-bond donors (Lipinski definition) is 2. The maximum absolute atomic E-state index is 15.1. The summed E-state index contributed by atoms with van der Waals surface area (Å²) in [5.74, 6) is -0.357. The summed E-state index contributed by atoms with van der Waals surface area (Å²) in [7, 11) is 0. The molecule has 2 aromatic heterocycles. The van der Waals surface area contributed by atoms with Crippen LogP contribution in [0.3, 0.4) is 0 Å². The summed E-state index contributed by atoms with van der Waals surface area (Å²) >= 11 is 6.06. The number of aromatic nitrogens is 3. The molecule has 9 heteroatoms. The Labute approximate surface area is 183 Å². The highest BCUT2D eigenvalue weighted by Gasteiger charge is 2.29. The van der Waals surface area contributed by atoms with Crippen molar-refractivity contribution in [3.63, 3.8) is 0 Å². The molecule has 7 nitrogen and oxygen atoms in total. The first kappa shape index (κ1) is 21.1. The molecule has 1 amide bonds. The zero-order chi connectivity index (χ0) is 22.0. The van der Waals surface area contributed by atoms with Crippen LogP contribution in [0.25, 0.3) is 11.3 Å². The minimum absolute atomic E-state index is 0.0529. The number of halogens is 2. The van der Waals surface area contributed by atoms with Crippen LogP contribution in [0.15, 0.2) is 42.7 Å². The zero-order valence-corrected chi connectivity index (χ0v) is 17.6. The van der Waals surface area contributed by atoms with E-state index in [0.717, 1.165) is 5.56 Å². The lowest BCUT2D eigenvalue weighted by atomic mass is 10.0. The van der Waals surface area contributed by atoms with Crippen LogP contribution in [-0.4, -0.2) is 45.2 Å². The molecule has 1 aromatic carbocycles. The fourth-order valence-electron chi connectivity index (χ4n) is 3.55. The maximum atomic E-state index is 15.1. The largest absolute Gasteiger partial charge is 0.394 e. The average molecular weight is 442 g/mol. The molecule has 1 unspecified atom stereocenters. The minimum Gasteiger partial charge on any atom is -0.394 e. The SMILES string of the molecule is CC(CO)Nc1nccc(-c2cc(F)c3c(c2)CCN3C(=O)Cc2cccnc2Cl)n1. The van der Waals surface area contributed by atoms with Gasteiger partial charge in [0.25, 0.3) is 0 Å². The third kappa shape index (κ3) is 4.50. The molecule has 1 aliphatic heterocycles. The lowest BCUT2D eigenvalue weighted by Gasteiger charge is -2.19. The standard InChI is InChI=1S/C22H21ClFN5O2/c1-13(12-30)27-22-26-7-4-18(28-22)16-9-14-5-8-29(20(14)17(24)10-16)19(31)11-15-3-2-6-25-21(15)23/h2-4,6-7,9-10,13,30H,5,8,11-12H2,1H3,(H,26,27,28). The number of nitrogens with one attached hydrogen (secondary N) is 1. The van der Waals surface area contributed by atoms with Crippen LogP contribution < -0.4 is 10.2 Å². The van der Waals surface area contributed by atoms with Crippen LogP contribution in [0.5, 0.6) is 0 Å². The van der Waals surface area contributed by atoms with Crippen molar-refractivity contribution in [2.75, 3.05) is 23.4 Å². The molecule has 0 saturated carbocycles. The van der Waals surface area contributed by atoms with Gasteiger partial charge in [-0.05, 0) is 48.7 Å². The first-order valence-corrected chi connectivity index (χ1v) is 10.3. The molecule has 0 spiro atoms. The second-order valence-electron chi connectivity index (χ2n) is 7.38. The van der Waals surface area contributed by atoms with Crippen LogP contribution >= 0.6 is 11.6 Å². The normalized spacial score (nSPS) is 13.7. The van der Waals surface area contributed by atoms with Crippen molar-refractivity contribution in [3.8, 4) is 11.3 Å². The Morgan fingerprint density at radius 3 is 2.94 bits per heavy atom. The van der Waals surface area contributed by atoms with Gasteiger partial charge in [0.2, 0.25) is 11.9 Å². The number of fused-ring (bicyclic) bond motifs is 1. The molecule has 0 aliphatic carbocycles.